The third-order valence-corrected chi connectivity index (χ3v) is 3.37. The Morgan fingerprint density at radius 3 is 2.53 bits per heavy atom. The molecule has 3 nitrogen and oxygen atoms in total. The molecule has 2 rings (SSSR count). The second-order valence-electron chi connectivity index (χ2n) is 3.74. The van der Waals surface area contributed by atoms with E-state index in [1.54, 1.807) is 5.51 Å². The normalized spacial score (nSPS) is 13.5. The van der Waals surface area contributed by atoms with Gasteiger partial charge in [0.2, 0.25) is 0 Å². The van der Waals surface area contributed by atoms with E-state index in [4.69, 9.17) is 5.84 Å². The molecule has 0 aliphatic carbocycles. The average Bonchev–Trinajstić information content (AvgIpc) is 2.82. The highest BCUT2D eigenvalue weighted by Crippen LogP contribution is 2.33. The summed E-state index contributed by atoms with van der Waals surface area (Å²) in [6.45, 7) is 0. The third kappa shape index (κ3) is 2.91. The fraction of sp³-hybridized carbons (Fsp3) is 0.182. The zero-order valence-corrected chi connectivity index (χ0v) is 10.2. The van der Waals surface area contributed by atoms with Crippen molar-refractivity contribution in [1.82, 2.24) is 10.4 Å². The number of hydrogen-bond acceptors (Lipinski definition) is 4. The summed E-state index contributed by atoms with van der Waals surface area (Å²) in [6.07, 6.45) is -3.19. The summed E-state index contributed by atoms with van der Waals surface area (Å²) in [5.74, 6) is 4.03. The molecule has 0 amide bonds. The van der Waals surface area contributed by atoms with Gasteiger partial charge in [0.15, 0.2) is 0 Å². The van der Waals surface area contributed by atoms with E-state index in [9.17, 15) is 17.6 Å². The lowest BCUT2D eigenvalue weighted by Crippen LogP contribution is -2.28. The molecular formula is C11H9F4N3S. The first kappa shape index (κ1) is 13.9. The first-order chi connectivity index (χ1) is 8.93. The van der Waals surface area contributed by atoms with Crippen LogP contribution in [0.4, 0.5) is 17.6 Å². The van der Waals surface area contributed by atoms with Crippen molar-refractivity contribution in [1.29, 1.82) is 0 Å². The second kappa shape index (κ2) is 5.24. The van der Waals surface area contributed by atoms with Gasteiger partial charge >= 0.3 is 6.18 Å². The summed E-state index contributed by atoms with van der Waals surface area (Å²) in [5.41, 5.74) is 2.99. The van der Waals surface area contributed by atoms with Crippen LogP contribution in [0, 0.1) is 5.82 Å². The van der Waals surface area contributed by atoms with Gasteiger partial charge in [0.1, 0.15) is 5.82 Å². The molecule has 1 aromatic carbocycles. The summed E-state index contributed by atoms with van der Waals surface area (Å²) in [5, 5.41) is 0. The molecule has 0 aliphatic rings. The van der Waals surface area contributed by atoms with Gasteiger partial charge in [0.25, 0.3) is 0 Å². The Labute approximate surface area is 110 Å². The van der Waals surface area contributed by atoms with Crippen LogP contribution in [0.3, 0.4) is 0 Å². The molecule has 1 aromatic heterocycles. The molecule has 0 saturated heterocycles. The van der Waals surface area contributed by atoms with Crippen molar-refractivity contribution in [3.63, 3.8) is 0 Å². The molecule has 0 saturated carbocycles. The minimum Gasteiger partial charge on any atom is -0.271 e. The number of hydrogen-bond donors (Lipinski definition) is 2. The number of halogens is 4. The topological polar surface area (TPSA) is 50.9 Å². The summed E-state index contributed by atoms with van der Waals surface area (Å²) < 4.78 is 50.8. The Morgan fingerprint density at radius 1 is 1.32 bits per heavy atom. The molecule has 8 heteroatoms. The Hall–Kier alpha value is -1.51. The first-order valence-electron chi connectivity index (χ1n) is 5.14. The quantitative estimate of drug-likeness (QED) is 0.519. The zero-order valence-electron chi connectivity index (χ0n) is 9.41. The van der Waals surface area contributed by atoms with Crippen LogP contribution in [-0.4, -0.2) is 4.98 Å². The highest BCUT2D eigenvalue weighted by atomic mass is 32.1. The number of benzene rings is 1. The van der Waals surface area contributed by atoms with Gasteiger partial charge in [-0.3, -0.25) is 10.8 Å². The van der Waals surface area contributed by atoms with Crippen LogP contribution in [0.2, 0.25) is 0 Å². The molecular weight excluding hydrogens is 282 g/mol. The lowest BCUT2D eigenvalue weighted by Gasteiger charge is -2.16. The van der Waals surface area contributed by atoms with Gasteiger partial charge in [0.05, 0.1) is 17.1 Å². The summed E-state index contributed by atoms with van der Waals surface area (Å²) in [7, 11) is 0. The lowest BCUT2D eigenvalue weighted by molar-refractivity contribution is -0.140. The number of alkyl halides is 3. The molecule has 0 aliphatic heterocycles. The number of thiazole rings is 1. The van der Waals surface area contributed by atoms with Gasteiger partial charge in [-0.1, -0.05) is 6.07 Å². The molecule has 1 atom stereocenters. The maximum Gasteiger partial charge on any atom is 0.419 e. The average molecular weight is 291 g/mol. The predicted molar refractivity (Wildman–Crippen MR) is 62.7 cm³/mol. The molecule has 1 heterocycles. The molecule has 0 radical (unpaired) electrons. The van der Waals surface area contributed by atoms with Gasteiger partial charge in [-0.2, -0.15) is 13.2 Å². The highest BCUT2D eigenvalue weighted by Gasteiger charge is 2.34. The SMILES string of the molecule is NNC(c1ccc(C(F)(F)F)c(F)c1)c1cncs1. The Bertz CT molecular complexity index is 554. The Kier molecular flexibility index (Phi) is 3.83. The fourth-order valence-corrected chi connectivity index (χ4v) is 2.36. The predicted octanol–water partition coefficient (Wildman–Crippen LogP) is 2.85. The van der Waals surface area contributed by atoms with Crippen LogP contribution in [0.25, 0.3) is 0 Å². The minimum absolute atomic E-state index is 0.303. The maximum absolute atomic E-state index is 13.5. The molecule has 2 aromatic rings. The van der Waals surface area contributed by atoms with Gasteiger partial charge in [-0.05, 0) is 17.7 Å². The van der Waals surface area contributed by atoms with Crippen LogP contribution in [0.1, 0.15) is 22.0 Å². The van der Waals surface area contributed by atoms with Crippen molar-refractivity contribution in [2.45, 2.75) is 12.2 Å². The van der Waals surface area contributed by atoms with Gasteiger partial charge < -0.3 is 0 Å². The van der Waals surface area contributed by atoms with E-state index in [2.05, 4.69) is 10.4 Å². The number of nitrogens with zero attached hydrogens (tertiary/aromatic N) is 1. The van der Waals surface area contributed by atoms with Crippen LogP contribution >= 0.6 is 11.3 Å². The first-order valence-corrected chi connectivity index (χ1v) is 6.02. The number of rotatable bonds is 3. The zero-order chi connectivity index (χ0) is 14.0. The van der Waals surface area contributed by atoms with Crippen molar-refractivity contribution >= 4 is 11.3 Å². The highest BCUT2D eigenvalue weighted by molar-refractivity contribution is 7.09. The largest absolute Gasteiger partial charge is 0.419 e. The number of nitrogens with two attached hydrogens (primary N) is 1. The molecule has 19 heavy (non-hydrogen) atoms. The van der Waals surface area contributed by atoms with Crippen molar-refractivity contribution < 1.29 is 17.6 Å². The van der Waals surface area contributed by atoms with Crippen molar-refractivity contribution in [2.75, 3.05) is 0 Å². The van der Waals surface area contributed by atoms with Crippen molar-refractivity contribution in [3.05, 3.63) is 51.7 Å². The molecule has 3 N–H and O–H groups in total. The van der Waals surface area contributed by atoms with Crippen molar-refractivity contribution in [3.8, 4) is 0 Å². The lowest BCUT2D eigenvalue weighted by atomic mass is 10.0. The van der Waals surface area contributed by atoms with Gasteiger partial charge in [-0.15, -0.1) is 11.3 Å². The summed E-state index contributed by atoms with van der Waals surface area (Å²) in [6, 6.07) is 2.13. The number of aromatic nitrogens is 1. The Balaban J connectivity index is 2.39. The van der Waals surface area contributed by atoms with Gasteiger partial charge in [-0.25, -0.2) is 9.82 Å². The smallest absolute Gasteiger partial charge is 0.271 e. The van der Waals surface area contributed by atoms with Crippen molar-refractivity contribution in [2.24, 2.45) is 5.84 Å². The van der Waals surface area contributed by atoms with Crippen LogP contribution < -0.4 is 11.3 Å². The van der Waals surface area contributed by atoms with E-state index < -0.39 is 23.6 Å². The standard InChI is InChI=1S/C11H9F4N3S/c12-8-3-6(1-2-7(8)11(13,14)15)10(18-16)9-4-17-5-19-9/h1-5,10,18H,16H2. The number of hydrazine groups is 1. The molecule has 1 unspecified atom stereocenters. The fourth-order valence-electron chi connectivity index (χ4n) is 1.65. The molecule has 102 valence electrons. The van der Waals surface area contributed by atoms with E-state index in [1.807, 2.05) is 0 Å². The van der Waals surface area contributed by atoms with E-state index in [1.165, 1.54) is 23.6 Å². The minimum atomic E-state index is -4.71. The maximum atomic E-state index is 13.5. The van der Waals surface area contributed by atoms with E-state index in [0.717, 1.165) is 6.07 Å². The monoisotopic (exact) mass is 291 g/mol. The van der Waals surface area contributed by atoms with Crippen LogP contribution in [0.15, 0.2) is 29.9 Å². The van der Waals surface area contributed by atoms with E-state index in [0.29, 0.717) is 16.5 Å². The van der Waals surface area contributed by atoms with E-state index >= 15 is 0 Å². The van der Waals surface area contributed by atoms with Gasteiger partial charge in [0, 0.05) is 11.1 Å². The Morgan fingerprint density at radius 2 is 2.05 bits per heavy atom. The second-order valence-corrected chi connectivity index (χ2v) is 4.66. The van der Waals surface area contributed by atoms with Crippen LogP contribution in [-0.2, 0) is 6.18 Å². The van der Waals surface area contributed by atoms with Crippen LogP contribution in [0.5, 0.6) is 0 Å². The third-order valence-electron chi connectivity index (χ3n) is 2.53. The molecule has 0 bridgehead atoms. The molecule has 0 spiro atoms. The number of nitrogens with one attached hydrogen (secondary N) is 1. The summed E-state index contributed by atoms with van der Waals surface area (Å²) in [4.78, 5) is 4.53. The summed E-state index contributed by atoms with van der Waals surface area (Å²) >= 11 is 1.27. The van der Waals surface area contributed by atoms with E-state index in [-0.39, 0.29) is 0 Å². The molecule has 0 fully saturated rings.